The summed E-state index contributed by atoms with van der Waals surface area (Å²) in [7, 11) is 2.18. The lowest BCUT2D eigenvalue weighted by Crippen LogP contribution is -2.56. The maximum Gasteiger partial charge on any atom is 0.303 e. The van der Waals surface area contributed by atoms with Crippen molar-refractivity contribution in [2.24, 2.45) is 5.92 Å². The van der Waals surface area contributed by atoms with Crippen molar-refractivity contribution in [3.05, 3.63) is 36.5 Å². The highest BCUT2D eigenvalue weighted by Crippen LogP contribution is 2.33. The Hall–Kier alpha value is -2.18. The molecule has 6 heteroatoms. The largest absolute Gasteiger partial charge is 0.481 e. The molecule has 2 aliphatic rings. The fourth-order valence-corrected chi connectivity index (χ4v) is 4.82. The van der Waals surface area contributed by atoms with E-state index in [9.17, 15) is 9.90 Å². The van der Waals surface area contributed by atoms with Gasteiger partial charge >= 0.3 is 5.97 Å². The molecule has 0 amide bonds. The van der Waals surface area contributed by atoms with Gasteiger partial charge in [-0.2, -0.15) is 0 Å². The minimum Gasteiger partial charge on any atom is -0.481 e. The molecule has 2 atom stereocenters. The predicted molar refractivity (Wildman–Crippen MR) is 112 cm³/mol. The molecule has 6 nitrogen and oxygen atoms in total. The summed E-state index contributed by atoms with van der Waals surface area (Å²) in [5, 5.41) is 10.4. The second kappa shape index (κ2) is 8.45. The lowest BCUT2D eigenvalue weighted by molar-refractivity contribution is -0.137. The summed E-state index contributed by atoms with van der Waals surface area (Å²) in [5.74, 6) is -0.316. The number of aliphatic carboxylic acids is 1. The number of fused-ring (bicyclic) bond motifs is 1. The second-order valence-corrected chi connectivity index (χ2v) is 8.18. The Morgan fingerprint density at radius 3 is 2.71 bits per heavy atom. The number of likely N-dealkylation sites (N-methyl/N-ethyl adjacent to an activating group) is 1. The van der Waals surface area contributed by atoms with Crippen molar-refractivity contribution in [3.63, 3.8) is 0 Å². The van der Waals surface area contributed by atoms with Crippen molar-refractivity contribution in [3.8, 4) is 0 Å². The van der Waals surface area contributed by atoms with Gasteiger partial charge in [0.1, 0.15) is 0 Å². The molecular weight excluding hydrogens is 352 g/mol. The summed E-state index contributed by atoms with van der Waals surface area (Å²) < 4.78 is 0. The zero-order valence-corrected chi connectivity index (χ0v) is 16.6. The summed E-state index contributed by atoms with van der Waals surface area (Å²) in [5.41, 5.74) is 2.24. The molecule has 0 aliphatic carbocycles. The van der Waals surface area contributed by atoms with Gasteiger partial charge in [-0.05, 0) is 37.9 Å². The average molecular weight is 383 g/mol. The third-order valence-corrected chi connectivity index (χ3v) is 6.40. The van der Waals surface area contributed by atoms with Crippen molar-refractivity contribution < 1.29 is 9.90 Å². The maximum atomic E-state index is 11.3. The fraction of sp³-hybridized carbons (Fsp3) is 0.545. The number of piperazine rings is 1. The molecule has 1 N–H and O–H groups in total. The van der Waals surface area contributed by atoms with Crippen LogP contribution in [0.3, 0.4) is 0 Å². The van der Waals surface area contributed by atoms with Gasteiger partial charge < -0.3 is 14.9 Å². The van der Waals surface area contributed by atoms with E-state index in [4.69, 9.17) is 0 Å². The van der Waals surface area contributed by atoms with Crippen molar-refractivity contribution in [1.29, 1.82) is 0 Å². The lowest BCUT2D eigenvalue weighted by atomic mass is 9.86. The Morgan fingerprint density at radius 1 is 1.14 bits per heavy atom. The van der Waals surface area contributed by atoms with Crippen LogP contribution in [0, 0.1) is 5.92 Å². The van der Waals surface area contributed by atoms with Crippen LogP contribution in [-0.2, 0) is 4.79 Å². The standard InChI is InChI=1S/C22H30N4O2/c1-24-12-14-25(15-13-24)20-9-11-26(16-17(20)6-7-22(27)28)21-8-10-23-19-5-3-2-4-18(19)21/h2-5,8,10,17,20H,6-7,9,11-16H2,1H3,(H,27,28)/t17-,20+/m0/s1. The third kappa shape index (κ3) is 4.13. The number of carbonyl (C=O) groups is 1. The van der Waals surface area contributed by atoms with Gasteiger partial charge in [0.15, 0.2) is 0 Å². The molecule has 0 radical (unpaired) electrons. The second-order valence-electron chi connectivity index (χ2n) is 8.18. The minimum atomic E-state index is -0.691. The lowest BCUT2D eigenvalue weighted by Gasteiger charge is -2.47. The molecule has 2 fully saturated rings. The first kappa shape index (κ1) is 19.2. The molecule has 0 spiro atoms. The fourth-order valence-electron chi connectivity index (χ4n) is 4.82. The van der Waals surface area contributed by atoms with E-state index in [1.807, 2.05) is 12.3 Å². The van der Waals surface area contributed by atoms with Crippen LogP contribution < -0.4 is 4.90 Å². The van der Waals surface area contributed by atoms with Crippen LogP contribution in [0.5, 0.6) is 0 Å². The van der Waals surface area contributed by atoms with Crippen LogP contribution in [0.4, 0.5) is 5.69 Å². The summed E-state index contributed by atoms with van der Waals surface area (Å²) >= 11 is 0. The summed E-state index contributed by atoms with van der Waals surface area (Å²) in [4.78, 5) is 23.2. The van der Waals surface area contributed by atoms with Crippen LogP contribution in [0.2, 0.25) is 0 Å². The molecule has 2 saturated heterocycles. The number of aromatic nitrogens is 1. The molecule has 3 heterocycles. The van der Waals surface area contributed by atoms with Crippen LogP contribution in [0.1, 0.15) is 19.3 Å². The molecule has 28 heavy (non-hydrogen) atoms. The molecule has 0 saturated carbocycles. The van der Waals surface area contributed by atoms with Crippen LogP contribution in [-0.4, -0.2) is 78.2 Å². The Bertz CT molecular complexity index is 814. The van der Waals surface area contributed by atoms with E-state index in [0.717, 1.165) is 57.6 Å². The molecule has 1 aromatic carbocycles. The molecule has 2 aliphatic heterocycles. The van der Waals surface area contributed by atoms with Gasteiger partial charge in [-0.3, -0.25) is 14.7 Å². The molecule has 150 valence electrons. The molecule has 1 aromatic heterocycles. The van der Waals surface area contributed by atoms with Crippen molar-refractivity contribution in [2.45, 2.75) is 25.3 Å². The highest BCUT2D eigenvalue weighted by molar-refractivity contribution is 5.91. The topological polar surface area (TPSA) is 59.9 Å². The first-order chi connectivity index (χ1) is 13.6. The van der Waals surface area contributed by atoms with E-state index in [1.165, 1.54) is 11.1 Å². The Labute approximate surface area is 166 Å². The summed E-state index contributed by atoms with van der Waals surface area (Å²) in [6.45, 7) is 6.29. The number of hydrogen-bond acceptors (Lipinski definition) is 5. The number of piperidine rings is 1. The summed E-state index contributed by atoms with van der Waals surface area (Å²) in [6.07, 6.45) is 3.97. The maximum absolute atomic E-state index is 11.3. The molecule has 0 bridgehead atoms. The Balaban J connectivity index is 1.55. The predicted octanol–water partition coefficient (Wildman–Crippen LogP) is 2.54. The van der Waals surface area contributed by atoms with Gasteiger partial charge in [0, 0.05) is 69.0 Å². The Morgan fingerprint density at radius 2 is 1.93 bits per heavy atom. The highest BCUT2D eigenvalue weighted by atomic mass is 16.4. The number of nitrogens with zero attached hydrogens (tertiary/aromatic N) is 4. The molecule has 2 aromatic rings. The van der Waals surface area contributed by atoms with E-state index >= 15 is 0 Å². The zero-order valence-electron chi connectivity index (χ0n) is 16.6. The van der Waals surface area contributed by atoms with Gasteiger partial charge in [0.2, 0.25) is 0 Å². The average Bonchev–Trinajstić information content (AvgIpc) is 2.72. The monoisotopic (exact) mass is 382 g/mol. The molecular formula is C22H30N4O2. The smallest absolute Gasteiger partial charge is 0.303 e. The SMILES string of the molecule is CN1CCN([C@@H]2CCN(c3ccnc4ccccc34)C[C@@H]2CCC(=O)O)CC1. The van der Waals surface area contributed by atoms with Crippen molar-refractivity contribution in [1.82, 2.24) is 14.8 Å². The van der Waals surface area contributed by atoms with Crippen LogP contribution in [0.15, 0.2) is 36.5 Å². The number of hydrogen-bond donors (Lipinski definition) is 1. The number of benzene rings is 1. The van der Waals surface area contributed by atoms with Crippen LogP contribution >= 0.6 is 0 Å². The number of para-hydroxylation sites is 1. The number of anilines is 1. The van der Waals surface area contributed by atoms with Gasteiger partial charge in [0.25, 0.3) is 0 Å². The number of carboxylic acid groups (broad SMARTS) is 1. The van der Waals surface area contributed by atoms with E-state index in [1.54, 1.807) is 0 Å². The van der Waals surface area contributed by atoms with E-state index < -0.39 is 5.97 Å². The normalized spacial score (nSPS) is 24.5. The molecule has 0 unspecified atom stereocenters. The number of pyridine rings is 1. The quantitative estimate of drug-likeness (QED) is 0.858. The van der Waals surface area contributed by atoms with Gasteiger partial charge in [-0.15, -0.1) is 0 Å². The number of rotatable bonds is 5. The van der Waals surface area contributed by atoms with E-state index in [0.29, 0.717) is 12.0 Å². The van der Waals surface area contributed by atoms with Crippen molar-refractivity contribution in [2.75, 3.05) is 51.2 Å². The third-order valence-electron chi connectivity index (χ3n) is 6.40. The Kier molecular flexibility index (Phi) is 5.78. The van der Waals surface area contributed by atoms with Crippen LogP contribution in [0.25, 0.3) is 10.9 Å². The van der Waals surface area contributed by atoms with Gasteiger partial charge in [0.05, 0.1) is 5.52 Å². The first-order valence-electron chi connectivity index (χ1n) is 10.3. The zero-order chi connectivity index (χ0) is 19.5. The van der Waals surface area contributed by atoms with E-state index in [2.05, 4.69) is 51.0 Å². The first-order valence-corrected chi connectivity index (χ1v) is 10.3. The summed E-state index contributed by atoms with van der Waals surface area (Å²) in [6, 6.07) is 10.9. The molecule has 4 rings (SSSR count). The highest BCUT2D eigenvalue weighted by Gasteiger charge is 2.35. The number of carboxylic acids is 1. The van der Waals surface area contributed by atoms with Crippen molar-refractivity contribution >= 4 is 22.6 Å². The van der Waals surface area contributed by atoms with Gasteiger partial charge in [-0.25, -0.2) is 0 Å². The minimum absolute atomic E-state index is 0.250. The van der Waals surface area contributed by atoms with E-state index in [-0.39, 0.29) is 6.42 Å². The van der Waals surface area contributed by atoms with Gasteiger partial charge in [-0.1, -0.05) is 18.2 Å².